The molecule has 0 spiro atoms. The summed E-state index contributed by atoms with van der Waals surface area (Å²) in [6, 6.07) is 20.9. The van der Waals surface area contributed by atoms with Crippen LogP contribution in [-0.2, 0) is 10.3 Å². The van der Waals surface area contributed by atoms with E-state index < -0.39 is 5.54 Å². The highest BCUT2D eigenvalue weighted by Gasteiger charge is 2.44. The molecule has 4 rings (SSSR count). The average Bonchev–Trinajstić information content (AvgIpc) is 3.34. The van der Waals surface area contributed by atoms with Gasteiger partial charge in [-0.1, -0.05) is 61.8 Å². The third-order valence-corrected chi connectivity index (χ3v) is 6.42. The molecule has 3 aromatic rings. The molecule has 1 amide bonds. The van der Waals surface area contributed by atoms with Gasteiger partial charge in [-0.15, -0.1) is 0 Å². The number of rotatable bonds is 8. The van der Waals surface area contributed by atoms with Gasteiger partial charge in [0.05, 0.1) is 5.54 Å². The second-order valence-corrected chi connectivity index (χ2v) is 8.49. The van der Waals surface area contributed by atoms with Crippen LogP contribution in [0.4, 0.5) is 0 Å². The first kappa shape index (κ1) is 20.7. The quantitative estimate of drug-likeness (QED) is 0.417. The van der Waals surface area contributed by atoms with E-state index in [4.69, 9.17) is 11.6 Å². The highest BCUT2D eigenvalue weighted by atomic mass is 35.5. The Morgan fingerprint density at radius 2 is 1.67 bits per heavy atom. The zero-order chi connectivity index (χ0) is 21.1. The predicted molar refractivity (Wildman–Crippen MR) is 124 cm³/mol. The highest BCUT2D eigenvalue weighted by Crippen LogP contribution is 2.50. The fourth-order valence-corrected chi connectivity index (χ4v) is 5.02. The third-order valence-electron chi connectivity index (χ3n) is 6.17. The van der Waals surface area contributed by atoms with Crippen molar-refractivity contribution in [3.63, 3.8) is 0 Å². The minimum absolute atomic E-state index is 0.241. The van der Waals surface area contributed by atoms with Crippen LogP contribution in [0.1, 0.15) is 50.7 Å². The molecule has 1 aliphatic rings. The van der Waals surface area contributed by atoms with E-state index in [-0.39, 0.29) is 5.91 Å². The topological polar surface area (TPSA) is 25.2 Å². The smallest absolute Gasteiger partial charge is 0.222 e. The fraction of sp³-hybridized carbons (Fsp3) is 0.346. The molecule has 0 saturated heterocycles. The summed E-state index contributed by atoms with van der Waals surface area (Å²) < 4.78 is 2.35. The molecular weight excluding hydrogens is 392 g/mol. The largest absolute Gasteiger partial charge is 0.343 e. The van der Waals surface area contributed by atoms with Crippen LogP contribution in [0.3, 0.4) is 0 Å². The van der Waals surface area contributed by atoms with Gasteiger partial charge >= 0.3 is 0 Å². The lowest BCUT2D eigenvalue weighted by Crippen LogP contribution is -2.37. The first-order valence-electron chi connectivity index (χ1n) is 10.9. The lowest BCUT2D eigenvalue weighted by Gasteiger charge is -2.35. The van der Waals surface area contributed by atoms with Gasteiger partial charge in [0.15, 0.2) is 0 Å². The minimum Gasteiger partial charge on any atom is -0.343 e. The molecule has 2 aromatic carbocycles. The van der Waals surface area contributed by atoms with E-state index in [0.717, 1.165) is 37.4 Å². The van der Waals surface area contributed by atoms with Crippen LogP contribution in [0.2, 0.25) is 5.02 Å². The summed E-state index contributed by atoms with van der Waals surface area (Å²) in [5.74, 6) is 0.241. The number of halogens is 1. The Morgan fingerprint density at radius 3 is 2.37 bits per heavy atom. The molecule has 1 atom stereocenters. The Labute approximate surface area is 184 Å². The Morgan fingerprint density at radius 1 is 0.967 bits per heavy atom. The van der Waals surface area contributed by atoms with Gasteiger partial charge in [0.25, 0.3) is 0 Å². The summed E-state index contributed by atoms with van der Waals surface area (Å²) in [6.07, 6.45) is 5.34. The molecule has 0 saturated carbocycles. The zero-order valence-corrected chi connectivity index (χ0v) is 18.5. The van der Waals surface area contributed by atoms with E-state index in [2.05, 4.69) is 73.1 Å². The molecular formula is C26H29ClN2O. The number of carbonyl (C=O) groups is 1. The number of hydrogen-bond donors (Lipinski definition) is 0. The summed E-state index contributed by atoms with van der Waals surface area (Å²) in [6.45, 7) is 5.91. The van der Waals surface area contributed by atoms with Crippen LogP contribution in [-0.4, -0.2) is 28.5 Å². The van der Waals surface area contributed by atoms with Gasteiger partial charge in [-0.25, -0.2) is 0 Å². The zero-order valence-electron chi connectivity index (χ0n) is 17.8. The number of fused-ring (bicyclic) bond motifs is 3. The Kier molecular flexibility index (Phi) is 6.01. The maximum Gasteiger partial charge on any atom is 0.222 e. The SMILES string of the molecule is CCCN(CCC)C(=O)CCC1(c2ccc(Cl)cc2)c2ccccc2-c2cccn21. The van der Waals surface area contributed by atoms with Crippen molar-refractivity contribution in [1.82, 2.24) is 9.47 Å². The molecule has 156 valence electrons. The summed E-state index contributed by atoms with van der Waals surface area (Å²) in [4.78, 5) is 15.2. The van der Waals surface area contributed by atoms with Crippen molar-refractivity contribution >= 4 is 17.5 Å². The normalized spacial score (nSPS) is 16.9. The highest BCUT2D eigenvalue weighted by molar-refractivity contribution is 6.30. The molecule has 30 heavy (non-hydrogen) atoms. The maximum atomic E-state index is 13.2. The molecule has 0 bridgehead atoms. The van der Waals surface area contributed by atoms with E-state index in [9.17, 15) is 4.79 Å². The summed E-state index contributed by atoms with van der Waals surface area (Å²) >= 11 is 6.21. The summed E-state index contributed by atoms with van der Waals surface area (Å²) in [5.41, 5.74) is 4.46. The maximum absolute atomic E-state index is 13.2. The van der Waals surface area contributed by atoms with Gasteiger partial charge in [-0.3, -0.25) is 4.79 Å². The van der Waals surface area contributed by atoms with E-state index in [1.165, 1.54) is 22.4 Å². The molecule has 1 aromatic heterocycles. The van der Waals surface area contributed by atoms with Crippen LogP contribution in [0, 0.1) is 0 Å². The van der Waals surface area contributed by atoms with Crippen LogP contribution >= 0.6 is 11.6 Å². The van der Waals surface area contributed by atoms with Crippen LogP contribution in [0.5, 0.6) is 0 Å². The van der Waals surface area contributed by atoms with E-state index in [0.29, 0.717) is 6.42 Å². The van der Waals surface area contributed by atoms with Gasteiger partial charge in [0.1, 0.15) is 0 Å². The Bertz CT molecular complexity index is 1020. The van der Waals surface area contributed by atoms with Crippen molar-refractivity contribution < 1.29 is 4.79 Å². The van der Waals surface area contributed by atoms with E-state index >= 15 is 0 Å². The number of hydrogen-bond acceptors (Lipinski definition) is 1. The van der Waals surface area contributed by atoms with Crippen molar-refractivity contribution in [3.05, 3.63) is 83.0 Å². The van der Waals surface area contributed by atoms with Crippen LogP contribution in [0.25, 0.3) is 11.3 Å². The minimum atomic E-state index is -0.403. The predicted octanol–water partition coefficient (Wildman–Crippen LogP) is 6.34. The van der Waals surface area contributed by atoms with Gasteiger partial charge in [0.2, 0.25) is 5.91 Å². The molecule has 1 unspecified atom stereocenters. The Hall–Kier alpha value is -2.52. The number of aromatic nitrogens is 1. The van der Waals surface area contributed by atoms with Gasteiger partial charge in [-0.05, 0) is 54.7 Å². The second kappa shape index (κ2) is 8.69. The molecule has 2 heterocycles. The molecule has 0 fully saturated rings. The van der Waals surface area contributed by atoms with Gasteiger partial charge in [-0.2, -0.15) is 0 Å². The first-order valence-corrected chi connectivity index (χ1v) is 11.3. The average molecular weight is 421 g/mol. The lowest BCUT2D eigenvalue weighted by atomic mass is 9.79. The van der Waals surface area contributed by atoms with Gasteiger partial charge < -0.3 is 9.47 Å². The number of benzene rings is 2. The first-order chi connectivity index (χ1) is 14.6. The van der Waals surface area contributed by atoms with Crippen molar-refractivity contribution in [2.24, 2.45) is 0 Å². The summed E-state index contributed by atoms with van der Waals surface area (Å²) in [7, 11) is 0. The number of nitrogens with zero attached hydrogens (tertiary/aromatic N) is 2. The Balaban J connectivity index is 1.78. The monoisotopic (exact) mass is 420 g/mol. The number of carbonyl (C=O) groups excluding carboxylic acids is 1. The second-order valence-electron chi connectivity index (χ2n) is 8.06. The molecule has 1 aliphatic heterocycles. The van der Waals surface area contributed by atoms with E-state index in [1.807, 2.05) is 17.0 Å². The molecule has 3 nitrogen and oxygen atoms in total. The molecule has 0 N–H and O–H groups in total. The standard InChI is InChI=1S/C26H29ClN2O/c1-3-17-28(18-4-2)25(30)15-16-26(20-11-13-21(27)14-12-20)23-9-6-5-8-22(23)24-10-7-19-29(24)26/h5-14,19H,3-4,15-18H2,1-2H3. The lowest BCUT2D eigenvalue weighted by molar-refractivity contribution is -0.131. The molecule has 0 aliphatic carbocycles. The van der Waals surface area contributed by atoms with Crippen molar-refractivity contribution in [1.29, 1.82) is 0 Å². The fourth-order valence-electron chi connectivity index (χ4n) is 4.90. The number of amides is 1. The van der Waals surface area contributed by atoms with E-state index in [1.54, 1.807) is 0 Å². The molecule has 0 radical (unpaired) electrons. The van der Waals surface area contributed by atoms with Crippen molar-refractivity contribution in [2.45, 2.75) is 45.1 Å². The van der Waals surface area contributed by atoms with Crippen LogP contribution < -0.4 is 0 Å². The molecule has 4 heteroatoms. The third kappa shape index (κ3) is 3.45. The van der Waals surface area contributed by atoms with Gasteiger partial charge in [0, 0.05) is 42.0 Å². The summed E-state index contributed by atoms with van der Waals surface area (Å²) in [5, 5.41) is 0.723. The van der Waals surface area contributed by atoms with Crippen LogP contribution in [0.15, 0.2) is 66.9 Å². The van der Waals surface area contributed by atoms with Crippen molar-refractivity contribution in [3.8, 4) is 11.3 Å². The van der Waals surface area contributed by atoms with Crippen molar-refractivity contribution in [2.75, 3.05) is 13.1 Å².